The smallest absolute Gasteiger partial charge is 0.0508 e. The van der Waals surface area contributed by atoms with Crippen LogP contribution in [0.2, 0.25) is 0 Å². The minimum Gasteiger partial charge on any atom is -0.310 e. The standard InChI is InChI=1S/C52H41N/c1-51(2)46-22-12-10-19-42(46)44-30-29-37(33-48(44)51)53(49-24-14-21-45-43-20-11-13-23-47(43)52(3,4)50(45)49)36-27-25-35(26-28-36)39-32-31-38(34-15-6-5-7-16-34)40-17-8-9-18-41(39)40/h5-33H,1-4H3. The Morgan fingerprint density at radius 2 is 0.830 bits per heavy atom. The third-order valence-corrected chi connectivity index (χ3v) is 12.1. The van der Waals surface area contributed by atoms with Gasteiger partial charge in [0.1, 0.15) is 0 Å². The Kier molecular flexibility index (Phi) is 6.94. The number of anilines is 3. The molecule has 0 spiro atoms. The molecule has 0 fully saturated rings. The molecule has 0 aromatic heterocycles. The Morgan fingerprint density at radius 3 is 1.51 bits per heavy atom. The molecule has 0 saturated heterocycles. The van der Waals surface area contributed by atoms with Crippen LogP contribution in [0, 0.1) is 0 Å². The lowest BCUT2D eigenvalue weighted by Gasteiger charge is -2.33. The monoisotopic (exact) mass is 679 g/mol. The SMILES string of the molecule is CC1(C)c2ccccc2-c2ccc(N(c3ccc(-c4ccc(-c5ccccc5)c5ccccc45)cc3)c3cccc4c3C(C)(C)c3ccccc3-4)cc21. The van der Waals surface area contributed by atoms with Crippen molar-refractivity contribution in [2.24, 2.45) is 0 Å². The number of hydrogen-bond donors (Lipinski definition) is 0. The second-order valence-corrected chi connectivity index (χ2v) is 15.7. The summed E-state index contributed by atoms with van der Waals surface area (Å²) < 4.78 is 0. The first-order chi connectivity index (χ1) is 25.8. The Morgan fingerprint density at radius 1 is 0.340 bits per heavy atom. The van der Waals surface area contributed by atoms with E-state index < -0.39 is 0 Å². The van der Waals surface area contributed by atoms with Crippen LogP contribution in [0.25, 0.3) is 55.3 Å². The lowest BCUT2D eigenvalue weighted by molar-refractivity contribution is 0.658. The van der Waals surface area contributed by atoms with Gasteiger partial charge in [0, 0.05) is 22.2 Å². The molecule has 0 saturated carbocycles. The molecule has 8 aromatic rings. The predicted molar refractivity (Wildman–Crippen MR) is 225 cm³/mol. The molecule has 0 radical (unpaired) electrons. The fourth-order valence-electron chi connectivity index (χ4n) is 9.47. The van der Waals surface area contributed by atoms with Crippen molar-refractivity contribution in [1.29, 1.82) is 0 Å². The third-order valence-electron chi connectivity index (χ3n) is 12.1. The summed E-state index contributed by atoms with van der Waals surface area (Å²) >= 11 is 0. The molecule has 53 heavy (non-hydrogen) atoms. The Hall–Kier alpha value is -6.18. The maximum absolute atomic E-state index is 2.51. The highest BCUT2D eigenvalue weighted by Gasteiger charge is 2.40. The first-order valence-corrected chi connectivity index (χ1v) is 18.8. The highest BCUT2D eigenvalue weighted by molar-refractivity contribution is 6.05. The number of benzene rings is 8. The highest BCUT2D eigenvalue weighted by Crippen LogP contribution is 2.55. The van der Waals surface area contributed by atoms with Crippen LogP contribution in [0.3, 0.4) is 0 Å². The van der Waals surface area contributed by atoms with Crippen LogP contribution >= 0.6 is 0 Å². The normalized spacial score (nSPS) is 14.3. The predicted octanol–water partition coefficient (Wildman–Crippen LogP) is 14.3. The molecule has 0 aliphatic heterocycles. The van der Waals surface area contributed by atoms with Gasteiger partial charge in [0.2, 0.25) is 0 Å². The lowest BCUT2D eigenvalue weighted by Crippen LogP contribution is -2.21. The maximum Gasteiger partial charge on any atom is 0.0508 e. The van der Waals surface area contributed by atoms with Gasteiger partial charge < -0.3 is 4.90 Å². The van der Waals surface area contributed by atoms with E-state index in [0.717, 1.165) is 5.69 Å². The fourth-order valence-corrected chi connectivity index (χ4v) is 9.47. The van der Waals surface area contributed by atoms with E-state index >= 15 is 0 Å². The Bertz CT molecular complexity index is 2710. The third kappa shape index (κ3) is 4.70. The van der Waals surface area contributed by atoms with E-state index in [1.807, 2.05) is 0 Å². The van der Waals surface area contributed by atoms with E-state index in [9.17, 15) is 0 Å². The molecule has 0 N–H and O–H groups in total. The summed E-state index contributed by atoms with van der Waals surface area (Å²) in [7, 11) is 0. The van der Waals surface area contributed by atoms with Crippen molar-refractivity contribution >= 4 is 27.8 Å². The Labute approximate surface area is 312 Å². The number of hydrogen-bond acceptors (Lipinski definition) is 1. The maximum atomic E-state index is 2.51. The quantitative estimate of drug-likeness (QED) is 0.175. The average Bonchev–Trinajstić information content (AvgIpc) is 3.58. The fraction of sp³-hybridized carbons (Fsp3) is 0.115. The minimum atomic E-state index is -0.160. The van der Waals surface area contributed by atoms with Gasteiger partial charge in [-0.25, -0.2) is 0 Å². The van der Waals surface area contributed by atoms with Crippen LogP contribution in [-0.2, 0) is 10.8 Å². The summed E-state index contributed by atoms with van der Waals surface area (Å²) in [6, 6.07) is 65.2. The van der Waals surface area contributed by atoms with Gasteiger partial charge in [0.05, 0.1) is 5.69 Å². The average molecular weight is 680 g/mol. The highest BCUT2D eigenvalue weighted by atomic mass is 15.1. The van der Waals surface area contributed by atoms with Crippen molar-refractivity contribution in [2.75, 3.05) is 4.90 Å². The summed E-state index contributed by atoms with van der Waals surface area (Å²) in [5.74, 6) is 0. The largest absolute Gasteiger partial charge is 0.310 e. The minimum absolute atomic E-state index is 0.0986. The molecule has 0 amide bonds. The van der Waals surface area contributed by atoms with Gasteiger partial charge >= 0.3 is 0 Å². The van der Waals surface area contributed by atoms with Crippen molar-refractivity contribution in [1.82, 2.24) is 0 Å². The van der Waals surface area contributed by atoms with Crippen LogP contribution in [0.4, 0.5) is 17.1 Å². The second kappa shape index (κ2) is 11.7. The zero-order valence-corrected chi connectivity index (χ0v) is 30.7. The molecule has 0 heterocycles. The zero-order chi connectivity index (χ0) is 35.9. The summed E-state index contributed by atoms with van der Waals surface area (Å²) in [5.41, 5.74) is 19.1. The van der Waals surface area contributed by atoms with Crippen LogP contribution in [0.5, 0.6) is 0 Å². The molecule has 254 valence electrons. The van der Waals surface area contributed by atoms with Crippen molar-refractivity contribution in [2.45, 2.75) is 38.5 Å². The Balaban J connectivity index is 1.15. The first-order valence-electron chi connectivity index (χ1n) is 18.8. The van der Waals surface area contributed by atoms with E-state index in [1.165, 1.54) is 88.9 Å². The molecule has 10 rings (SSSR count). The molecule has 2 aliphatic carbocycles. The summed E-state index contributed by atoms with van der Waals surface area (Å²) in [6.07, 6.45) is 0. The van der Waals surface area contributed by atoms with Crippen molar-refractivity contribution in [3.05, 3.63) is 198 Å². The summed E-state index contributed by atoms with van der Waals surface area (Å²) in [6.45, 7) is 9.51. The van der Waals surface area contributed by atoms with Gasteiger partial charge in [0.25, 0.3) is 0 Å². The van der Waals surface area contributed by atoms with Gasteiger partial charge in [-0.1, -0.05) is 173 Å². The van der Waals surface area contributed by atoms with E-state index in [-0.39, 0.29) is 10.8 Å². The van der Waals surface area contributed by atoms with Crippen molar-refractivity contribution in [3.63, 3.8) is 0 Å². The zero-order valence-electron chi connectivity index (χ0n) is 30.7. The molecular formula is C52H41N. The summed E-state index contributed by atoms with van der Waals surface area (Å²) in [4.78, 5) is 2.51. The van der Waals surface area contributed by atoms with E-state index in [4.69, 9.17) is 0 Å². The molecule has 0 unspecified atom stereocenters. The van der Waals surface area contributed by atoms with Gasteiger partial charge in [0.15, 0.2) is 0 Å². The number of nitrogens with zero attached hydrogens (tertiary/aromatic N) is 1. The topological polar surface area (TPSA) is 3.24 Å². The van der Waals surface area contributed by atoms with E-state index in [2.05, 4.69) is 209 Å². The summed E-state index contributed by atoms with van der Waals surface area (Å²) in [5, 5.41) is 2.53. The molecule has 8 aromatic carbocycles. The van der Waals surface area contributed by atoms with Crippen LogP contribution in [0.15, 0.2) is 176 Å². The van der Waals surface area contributed by atoms with Crippen molar-refractivity contribution < 1.29 is 0 Å². The molecule has 1 heteroatoms. The molecule has 0 bridgehead atoms. The van der Waals surface area contributed by atoms with Gasteiger partial charge in [-0.15, -0.1) is 0 Å². The molecule has 2 aliphatic rings. The molecule has 0 atom stereocenters. The van der Waals surface area contributed by atoms with Crippen LogP contribution in [-0.4, -0.2) is 0 Å². The number of fused-ring (bicyclic) bond motifs is 7. The second-order valence-electron chi connectivity index (χ2n) is 15.7. The molecule has 1 nitrogen and oxygen atoms in total. The van der Waals surface area contributed by atoms with Crippen LogP contribution < -0.4 is 4.90 Å². The number of rotatable bonds is 5. The molecular weight excluding hydrogens is 639 g/mol. The van der Waals surface area contributed by atoms with Gasteiger partial charge in [-0.3, -0.25) is 0 Å². The van der Waals surface area contributed by atoms with Crippen molar-refractivity contribution in [3.8, 4) is 44.5 Å². The first kappa shape index (κ1) is 31.5. The van der Waals surface area contributed by atoms with E-state index in [0.29, 0.717) is 0 Å². The van der Waals surface area contributed by atoms with Gasteiger partial charge in [-0.2, -0.15) is 0 Å². The van der Waals surface area contributed by atoms with Gasteiger partial charge in [-0.05, 0) is 108 Å². The van der Waals surface area contributed by atoms with E-state index in [1.54, 1.807) is 0 Å². The van der Waals surface area contributed by atoms with Crippen LogP contribution in [0.1, 0.15) is 49.9 Å². The lowest BCUT2D eigenvalue weighted by atomic mass is 9.81.